The highest BCUT2D eigenvalue weighted by Crippen LogP contribution is 2.14. The third kappa shape index (κ3) is 3.02. The Morgan fingerprint density at radius 3 is 2.93 bits per heavy atom. The summed E-state index contributed by atoms with van der Waals surface area (Å²) in [6.07, 6.45) is 1.27. The number of hydrogen-bond acceptors (Lipinski definition) is 2. The molecule has 2 amide bonds. The van der Waals surface area contributed by atoms with E-state index in [-0.39, 0.29) is 5.02 Å². The van der Waals surface area contributed by atoms with Crippen LogP contribution >= 0.6 is 11.6 Å². The Morgan fingerprint density at radius 1 is 1.64 bits per heavy atom. The van der Waals surface area contributed by atoms with Gasteiger partial charge in [0.05, 0.1) is 11.2 Å². The van der Waals surface area contributed by atoms with Crippen LogP contribution in [0, 0.1) is 5.82 Å². The molecule has 0 fully saturated rings. The van der Waals surface area contributed by atoms with Crippen LogP contribution < -0.4 is 11.2 Å². The van der Waals surface area contributed by atoms with Crippen molar-refractivity contribution in [3.63, 3.8) is 0 Å². The van der Waals surface area contributed by atoms with Crippen molar-refractivity contribution in [3.8, 4) is 0 Å². The first-order valence-corrected chi connectivity index (χ1v) is 4.01. The van der Waals surface area contributed by atoms with Gasteiger partial charge in [0.25, 0.3) is 0 Å². The highest BCUT2D eigenvalue weighted by Gasteiger charge is 1.98. The molecule has 0 radical (unpaired) electrons. The van der Waals surface area contributed by atoms with Crippen LogP contribution in [0.4, 0.5) is 9.18 Å². The predicted molar refractivity (Wildman–Crippen MR) is 51.7 cm³/mol. The summed E-state index contributed by atoms with van der Waals surface area (Å²) in [6.45, 7) is 0. The quantitative estimate of drug-likeness (QED) is 0.570. The molecule has 0 saturated carbocycles. The molecular formula is C8H7ClFN3O. The predicted octanol–water partition coefficient (Wildman–Crippen LogP) is 1.48. The highest BCUT2D eigenvalue weighted by atomic mass is 35.5. The zero-order chi connectivity index (χ0) is 10.6. The van der Waals surface area contributed by atoms with Crippen LogP contribution in [0.3, 0.4) is 0 Å². The molecule has 0 atom stereocenters. The first kappa shape index (κ1) is 10.5. The lowest BCUT2D eigenvalue weighted by molar-refractivity contribution is 0.249. The second kappa shape index (κ2) is 4.57. The van der Waals surface area contributed by atoms with Crippen LogP contribution in [0.2, 0.25) is 5.02 Å². The Bertz CT molecular complexity index is 381. The molecule has 0 aliphatic rings. The van der Waals surface area contributed by atoms with Gasteiger partial charge in [-0.15, -0.1) is 0 Å². The van der Waals surface area contributed by atoms with E-state index in [4.69, 9.17) is 17.3 Å². The standard InChI is InChI=1S/C8H7ClFN3O/c9-7-3-6(10)2-1-5(7)4-12-13-8(11)14/h1-4H,(H3,11,13,14)/b12-4+. The summed E-state index contributed by atoms with van der Waals surface area (Å²) >= 11 is 5.67. The van der Waals surface area contributed by atoms with E-state index in [2.05, 4.69) is 5.10 Å². The number of carbonyl (C=O) groups is 1. The minimum Gasteiger partial charge on any atom is -0.350 e. The lowest BCUT2D eigenvalue weighted by atomic mass is 10.2. The molecule has 1 aromatic rings. The Balaban J connectivity index is 2.76. The molecule has 74 valence electrons. The fourth-order valence-electron chi connectivity index (χ4n) is 0.772. The Morgan fingerprint density at radius 2 is 2.36 bits per heavy atom. The van der Waals surface area contributed by atoms with Crippen LogP contribution in [0.1, 0.15) is 5.56 Å². The third-order valence-corrected chi connectivity index (χ3v) is 1.67. The number of carbonyl (C=O) groups excluding carboxylic acids is 1. The van der Waals surface area contributed by atoms with Crippen LogP contribution in [-0.4, -0.2) is 12.2 Å². The van der Waals surface area contributed by atoms with E-state index in [9.17, 15) is 9.18 Å². The molecule has 0 aromatic heterocycles. The van der Waals surface area contributed by atoms with Gasteiger partial charge in [-0.3, -0.25) is 0 Å². The monoisotopic (exact) mass is 215 g/mol. The molecule has 0 saturated heterocycles. The van der Waals surface area contributed by atoms with E-state index < -0.39 is 11.8 Å². The van der Waals surface area contributed by atoms with E-state index in [1.165, 1.54) is 18.3 Å². The van der Waals surface area contributed by atoms with E-state index in [1.54, 1.807) is 0 Å². The summed E-state index contributed by atoms with van der Waals surface area (Å²) < 4.78 is 12.6. The van der Waals surface area contributed by atoms with E-state index in [0.29, 0.717) is 5.56 Å². The number of amides is 2. The van der Waals surface area contributed by atoms with Gasteiger partial charge < -0.3 is 5.73 Å². The van der Waals surface area contributed by atoms with Gasteiger partial charge in [-0.1, -0.05) is 11.6 Å². The molecule has 0 heterocycles. The normalized spacial score (nSPS) is 10.4. The van der Waals surface area contributed by atoms with Gasteiger partial charge in [-0.2, -0.15) is 5.10 Å². The minimum absolute atomic E-state index is 0.208. The number of halogens is 2. The van der Waals surface area contributed by atoms with Gasteiger partial charge >= 0.3 is 6.03 Å². The molecule has 0 aliphatic carbocycles. The summed E-state index contributed by atoms with van der Waals surface area (Å²) in [7, 11) is 0. The van der Waals surface area contributed by atoms with E-state index in [0.717, 1.165) is 6.07 Å². The van der Waals surface area contributed by atoms with Crippen molar-refractivity contribution in [1.82, 2.24) is 5.43 Å². The van der Waals surface area contributed by atoms with Crippen molar-refractivity contribution < 1.29 is 9.18 Å². The number of rotatable bonds is 2. The molecule has 0 spiro atoms. The van der Waals surface area contributed by atoms with Gasteiger partial charge in [-0.05, 0) is 18.2 Å². The number of primary amides is 1. The first-order valence-electron chi connectivity index (χ1n) is 3.63. The summed E-state index contributed by atoms with van der Waals surface area (Å²) in [4.78, 5) is 10.2. The summed E-state index contributed by atoms with van der Waals surface area (Å²) in [5.74, 6) is -0.435. The number of nitrogens with two attached hydrogens (primary N) is 1. The fourth-order valence-corrected chi connectivity index (χ4v) is 0.988. The lowest BCUT2D eigenvalue weighted by Gasteiger charge is -1.97. The first-order chi connectivity index (χ1) is 6.59. The number of hydrazone groups is 1. The molecule has 0 bridgehead atoms. The minimum atomic E-state index is -0.778. The topological polar surface area (TPSA) is 67.5 Å². The smallest absolute Gasteiger partial charge is 0.332 e. The summed E-state index contributed by atoms with van der Waals surface area (Å²) in [6, 6.07) is 3.04. The number of nitrogens with zero attached hydrogens (tertiary/aromatic N) is 1. The molecule has 0 unspecified atom stereocenters. The fraction of sp³-hybridized carbons (Fsp3) is 0. The number of urea groups is 1. The highest BCUT2D eigenvalue weighted by molar-refractivity contribution is 6.33. The lowest BCUT2D eigenvalue weighted by Crippen LogP contribution is -2.24. The van der Waals surface area contributed by atoms with E-state index in [1.807, 2.05) is 5.43 Å². The number of benzene rings is 1. The maximum Gasteiger partial charge on any atom is 0.332 e. The molecular weight excluding hydrogens is 209 g/mol. The van der Waals surface area contributed by atoms with Gasteiger partial charge in [0, 0.05) is 5.56 Å². The van der Waals surface area contributed by atoms with Crippen molar-refractivity contribution in [2.45, 2.75) is 0 Å². The van der Waals surface area contributed by atoms with Gasteiger partial charge in [0.1, 0.15) is 5.82 Å². The molecule has 1 rings (SSSR count). The number of nitrogens with one attached hydrogen (secondary N) is 1. The molecule has 14 heavy (non-hydrogen) atoms. The van der Waals surface area contributed by atoms with Crippen LogP contribution in [0.5, 0.6) is 0 Å². The molecule has 1 aromatic carbocycles. The van der Waals surface area contributed by atoms with Crippen LogP contribution in [0.25, 0.3) is 0 Å². The summed E-state index contributed by atoms with van der Waals surface area (Å²) in [5, 5.41) is 3.68. The Hall–Kier alpha value is -1.62. The molecule has 6 heteroatoms. The number of hydrogen-bond donors (Lipinski definition) is 2. The van der Waals surface area contributed by atoms with Crippen molar-refractivity contribution in [2.24, 2.45) is 10.8 Å². The van der Waals surface area contributed by atoms with Gasteiger partial charge in [0.15, 0.2) is 0 Å². The van der Waals surface area contributed by atoms with E-state index >= 15 is 0 Å². The van der Waals surface area contributed by atoms with Crippen molar-refractivity contribution in [3.05, 3.63) is 34.6 Å². The maximum absolute atomic E-state index is 12.6. The molecule has 3 N–H and O–H groups in total. The maximum atomic E-state index is 12.6. The molecule has 4 nitrogen and oxygen atoms in total. The Labute approximate surface area is 84.5 Å². The zero-order valence-electron chi connectivity index (χ0n) is 7.00. The summed E-state index contributed by atoms with van der Waals surface area (Å²) in [5.41, 5.74) is 7.24. The zero-order valence-corrected chi connectivity index (χ0v) is 7.75. The third-order valence-electron chi connectivity index (χ3n) is 1.34. The van der Waals surface area contributed by atoms with Crippen LogP contribution in [-0.2, 0) is 0 Å². The Kier molecular flexibility index (Phi) is 3.41. The molecule has 0 aliphatic heterocycles. The van der Waals surface area contributed by atoms with Gasteiger partial charge in [-0.25, -0.2) is 14.6 Å². The second-order valence-corrected chi connectivity index (χ2v) is 2.81. The largest absolute Gasteiger partial charge is 0.350 e. The average Bonchev–Trinajstić information content (AvgIpc) is 2.08. The van der Waals surface area contributed by atoms with Crippen LogP contribution in [0.15, 0.2) is 23.3 Å². The van der Waals surface area contributed by atoms with Crippen molar-refractivity contribution in [1.29, 1.82) is 0 Å². The second-order valence-electron chi connectivity index (χ2n) is 2.40. The van der Waals surface area contributed by atoms with Gasteiger partial charge in [0.2, 0.25) is 0 Å². The SMILES string of the molecule is NC(=O)N/N=C/c1ccc(F)cc1Cl. The van der Waals surface area contributed by atoms with Crippen molar-refractivity contribution in [2.75, 3.05) is 0 Å². The van der Waals surface area contributed by atoms with Crippen molar-refractivity contribution >= 4 is 23.8 Å². The average molecular weight is 216 g/mol.